The third-order valence-electron chi connectivity index (χ3n) is 2.91. The number of unbranched alkanes of at least 4 members (excludes halogenated alkanes) is 2. The maximum Gasteiger partial charge on any atom is 0.0522 e. The first kappa shape index (κ1) is 13.2. The van der Waals surface area contributed by atoms with Gasteiger partial charge < -0.3 is 5.32 Å². The maximum absolute atomic E-state index is 4.16. The molecule has 3 nitrogen and oxygen atoms in total. The van der Waals surface area contributed by atoms with Crippen molar-refractivity contribution in [3.63, 3.8) is 0 Å². The predicted molar refractivity (Wildman–Crippen MR) is 68.5 cm³/mol. The van der Waals surface area contributed by atoms with Gasteiger partial charge in [0.2, 0.25) is 0 Å². The van der Waals surface area contributed by atoms with Crippen molar-refractivity contribution in [2.45, 2.75) is 52.0 Å². The van der Waals surface area contributed by atoms with E-state index in [0.29, 0.717) is 6.04 Å². The van der Waals surface area contributed by atoms with Gasteiger partial charge in [0, 0.05) is 19.3 Å². The minimum absolute atomic E-state index is 0.642. The molecule has 0 aliphatic carbocycles. The van der Waals surface area contributed by atoms with Crippen LogP contribution in [0.3, 0.4) is 0 Å². The van der Waals surface area contributed by atoms with Gasteiger partial charge in [-0.15, -0.1) is 0 Å². The Kier molecular flexibility index (Phi) is 6.16. The molecule has 1 unspecified atom stereocenters. The topological polar surface area (TPSA) is 29.9 Å². The van der Waals surface area contributed by atoms with E-state index in [2.05, 4.69) is 30.5 Å². The van der Waals surface area contributed by atoms with Crippen LogP contribution in [-0.4, -0.2) is 22.4 Å². The molecule has 0 aliphatic heterocycles. The number of aromatic nitrogens is 2. The highest BCUT2D eigenvalue weighted by Gasteiger charge is 2.01. The predicted octanol–water partition coefficient (Wildman–Crippen LogP) is 2.52. The van der Waals surface area contributed by atoms with E-state index in [0.717, 1.165) is 13.0 Å². The lowest BCUT2D eigenvalue weighted by atomic mass is 10.1. The molecular weight excluding hydrogens is 198 g/mol. The number of rotatable bonds is 8. The van der Waals surface area contributed by atoms with Gasteiger partial charge >= 0.3 is 0 Å². The monoisotopic (exact) mass is 223 g/mol. The van der Waals surface area contributed by atoms with E-state index < -0.39 is 0 Å². The molecule has 1 aromatic heterocycles. The first-order chi connectivity index (χ1) is 7.72. The fourth-order valence-electron chi connectivity index (χ4n) is 1.87. The molecule has 0 aromatic carbocycles. The van der Waals surface area contributed by atoms with Crippen molar-refractivity contribution in [3.8, 4) is 0 Å². The summed E-state index contributed by atoms with van der Waals surface area (Å²) in [5.74, 6) is 0. The van der Waals surface area contributed by atoms with Crippen molar-refractivity contribution in [2.75, 3.05) is 6.54 Å². The number of nitrogens with zero attached hydrogens (tertiary/aromatic N) is 2. The van der Waals surface area contributed by atoms with Gasteiger partial charge in [-0.25, -0.2) is 0 Å². The van der Waals surface area contributed by atoms with E-state index in [1.165, 1.54) is 31.2 Å². The van der Waals surface area contributed by atoms with Gasteiger partial charge in [-0.2, -0.15) is 5.10 Å². The van der Waals surface area contributed by atoms with Crippen LogP contribution in [0.25, 0.3) is 0 Å². The number of hydrogen-bond acceptors (Lipinski definition) is 2. The largest absolute Gasteiger partial charge is 0.314 e. The Morgan fingerprint density at radius 3 is 2.88 bits per heavy atom. The fourth-order valence-corrected chi connectivity index (χ4v) is 1.87. The van der Waals surface area contributed by atoms with Crippen LogP contribution >= 0.6 is 0 Å². The molecule has 16 heavy (non-hydrogen) atoms. The maximum atomic E-state index is 4.16. The van der Waals surface area contributed by atoms with Crippen LogP contribution in [0.15, 0.2) is 12.4 Å². The molecule has 0 bridgehead atoms. The molecule has 0 saturated carbocycles. The summed E-state index contributed by atoms with van der Waals surface area (Å²) < 4.78 is 1.86. The second kappa shape index (κ2) is 7.44. The summed E-state index contributed by atoms with van der Waals surface area (Å²) >= 11 is 0. The standard InChI is InChI=1S/C13H25N3/c1-4-5-6-7-12(2)14-9-8-13-10-15-16(3)11-13/h10-12,14H,4-9H2,1-3H3. The van der Waals surface area contributed by atoms with Crippen molar-refractivity contribution in [1.82, 2.24) is 15.1 Å². The molecule has 0 saturated heterocycles. The number of aryl methyl sites for hydroxylation is 1. The first-order valence-corrected chi connectivity index (χ1v) is 6.43. The van der Waals surface area contributed by atoms with Gasteiger partial charge in [0.25, 0.3) is 0 Å². The number of hydrogen-bond donors (Lipinski definition) is 1. The van der Waals surface area contributed by atoms with Crippen molar-refractivity contribution in [1.29, 1.82) is 0 Å². The number of nitrogens with one attached hydrogen (secondary N) is 1. The van der Waals surface area contributed by atoms with Gasteiger partial charge in [0.05, 0.1) is 6.20 Å². The SMILES string of the molecule is CCCCCC(C)NCCc1cnn(C)c1. The van der Waals surface area contributed by atoms with Crippen LogP contribution in [0.5, 0.6) is 0 Å². The van der Waals surface area contributed by atoms with Gasteiger partial charge in [-0.3, -0.25) is 4.68 Å². The Hall–Kier alpha value is -0.830. The molecule has 3 heteroatoms. The minimum Gasteiger partial charge on any atom is -0.314 e. The Bertz CT molecular complexity index is 280. The normalized spacial score (nSPS) is 12.9. The molecule has 0 fully saturated rings. The Balaban J connectivity index is 2.06. The summed E-state index contributed by atoms with van der Waals surface area (Å²) in [5, 5.41) is 7.73. The lowest BCUT2D eigenvalue weighted by molar-refractivity contribution is 0.490. The quantitative estimate of drug-likeness (QED) is 0.686. The molecule has 0 spiro atoms. The minimum atomic E-state index is 0.642. The van der Waals surface area contributed by atoms with Gasteiger partial charge in [0.15, 0.2) is 0 Å². The van der Waals surface area contributed by atoms with Crippen LogP contribution in [0.4, 0.5) is 0 Å². The average molecular weight is 223 g/mol. The van der Waals surface area contributed by atoms with Crippen molar-refractivity contribution in [2.24, 2.45) is 7.05 Å². The highest BCUT2D eigenvalue weighted by Crippen LogP contribution is 2.03. The third-order valence-corrected chi connectivity index (χ3v) is 2.91. The molecule has 92 valence electrons. The Morgan fingerprint density at radius 1 is 1.44 bits per heavy atom. The van der Waals surface area contributed by atoms with E-state index in [9.17, 15) is 0 Å². The van der Waals surface area contributed by atoms with Gasteiger partial charge in [0.1, 0.15) is 0 Å². The Morgan fingerprint density at radius 2 is 2.25 bits per heavy atom. The molecular formula is C13H25N3. The second-order valence-electron chi connectivity index (χ2n) is 4.62. The van der Waals surface area contributed by atoms with Crippen LogP contribution in [0, 0.1) is 0 Å². The van der Waals surface area contributed by atoms with Crippen molar-refractivity contribution >= 4 is 0 Å². The molecule has 1 heterocycles. The molecule has 1 aromatic rings. The van der Waals surface area contributed by atoms with E-state index in [1.807, 2.05) is 17.9 Å². The highest BCUT2D eigenvalue weighted by molar-refractivity contribution is 5.03. The zero-order chi connectivity index (χ0) is 11.8. The van der Waals surface area contributed by atoms with Crippen LogP contribution in [0.2, 0.25) is 0 Å². The Labute approximate surface area is 99.2 Å². The summed E-state index contributed by atoms with van der Waals surface area (Å²) in [7, 11) is 1.96. The average Bonchev–Trinajstić information content (AvgIpc) is 2.65. The van der Waals surface area contributed by atoms with E-state index >= 15 is 0 Å². The summed E-state index contributed by atoms with van der Waals surface area (Å²) in [5.41, 5.74) is 1.32. The van der Waals surface area contributed by atoms with Crippen LogP contribution in [0.1, 0.15) is 45.1 Å². The second-order valence-corrected chi connectivity index (χ2v) is 4.62. The van der Waals surface area contributed by atoms with Gasteiger partial charge in [-0.1, -0.05) is 26.2 Å². The summed E-state index contributed by atoms with van der Waals surface area (Å²) in [6.45, 7) is 5.58. The molecule has 0 aliphatic rings. The summed E-state index contributed by atoms with van der Waals surface area (Å²) in [4.78, 5) is 0. The van der Waals surface area contributed by atoms with E-state index in [-0.39, 0.29) is 0 Å². The van der Waals surface area contributed by atoms with E-state index in [1.54, 1.807) is 0 Å². The lowest BCUT2D eigenvalue weighted by Gasteiger charge is -2.12. The molecule has 1 rings (SSSR count). The summed E-state index contributed by atoms with van der Waals surface area (Å²) in [6.07, 6.45) is 10.4. The van der Waals surface area contributed by atoms with Crippen molar-refractivity contribution in [3.05, 3.63) is 18.0 Å². The summed E-state index contributed by atoms with van der Waals surface area (Å²) in [6, 6.07) is 0.642. The molecule has 0 amide bonds. The molecule has 0 radical (unpaired) electrons. The third kappa shape index (κ3) is 5.31. The zero-order valence-corrected chi connectivity index (χ0v) is 10.9. The van der Waals surface area contributed by atoms with Crippen LogP contribution < -0.4 is 5.32 Å². The first-order valence-electron chi connectivity index (χ1n) is 6.43. The van der Waals surface area contributed by atoms with Gasteiger partial charge in [-0.05, 0) is 31.9 Å². The van der Waals surface area contributed by atoms with E-state index in [4.69, 9.17) is 0 Å². The highest BCUT2D eigenvalue weighted by atomic mass is 15.2. The lowest BCUT2D eigenvalue weighted by Crippen LogP contribution is -2.27. The molecule has 1 atom stereocenters. The van der Waals surface area contributed by atoms with Crippen LogP contribution in [-0.2, 0) is 13.5 Å². The zero-order valence-electron chi connectivity index (χ0n) is 10.9. The van der Waals surface area contributed by atoms with Crippen molar-refractivity contribution < 1.29 is 0 Å². The fraction of sp³-hybridized carbons (Fsp3) is 0.769. The molecule has 1 N–H and O–H groups in total. The smallest absolute Gasteiger partial charge is 0.0522 e.